The fourth-order valence-corrected chi connectivity index (χ4v) is 2.60. The molecule has 3 heterocycles. The first-order valence-corrected chi connectivity index (χ1v) is 7.45. The van der Waals surface area contributed by atoms with E-state index in [9.17, 15) is 8.78 Å². The molecule has 0 aliphatic carbocycles. The molecule has 0 atom stereocenters. The minimum absolute atomic E-state index is 0.162. The first-order chi connectivity index (χ1) is 11.1. The van der Waals surface area contributed by atoms with Crippen LogP contribution >= 0.6 is 0 Å². The molecule has 2 N–H and O–H groups in total. The average molecular weight is 327 g/mol. The highest BCUT2D eigenvalue weighted by Crippen LogP contribution is 2.30. The van der Waals surface area contributed by atoms with Crippen molar-refractivity contribution in [2.75, 3.05) is 24.5 Å². The first kappa shape index (κ1) is 15.7. The number of aliphatic imine (C=N–C) groups is 1. The maximum atomic E-state index is 12.3. The number of alkyl halides is 2. The van der Waals surface area contributed by atoms with Crippen molar-refractivity contribution in [3.8, 4) is 5.88 Å². The van der Waals surface area contributed by atoms with Crippen LogP contribution in [0, 0.1) is 0 Å². The summed E-state index contributed by atoms with van der Waals surface area (Å²) in [5.74, 6) is 0.907. The molecule has 3 rings (SSSR count). The molecule has 0 unspecified atom stereocenters. The van der Waals surface area contributed by atoms with Gasteiger partial charge in [0.05, 0.1) is 12.7 Å². The number of hydrogen-bond acceptors (Lipinski definition) is 6. The molecule has 2 aliphatic heterocycles. The van der Waals surface area contributed by atoms with Crippen LogP contribution in [0.4, 0.5) is 14.6 Å². The summed E-state index contributed by atoms with van der Waals surface area (Å²) in [6, 6.07) is 1.41. The maximum absolute atomic E-state index is 12.3. The summed E-state index contributed by atoms with van der Waals surface area (Å²) in [4.78, 5) is 5.91. The Kier molecular flexibility index (Phi) is 4.46. The molecule has 126 valence electrons. The highest BCUT2D eigenvalue weighted by atomic mass is 19.3. The second-order valence-corrected chi connectivity index (χ2v) is 5.68. The summed E-state index contributed by atoms with van der Waals surface area (Å²) in [7, 11) is 0. The Morgan fingerprint density at radius 2 is 2.13 bits per heavy atom. The van der Waals surface area contributed by atoms with E-state index >= 15 is 0 Å². The molecule has 1 fully saturated rings. The summed E-state index contributed by atoms with van der Waals surface area (Å²) < 4.78 is 35.0. The fourth-order valence-electron chi connectivity index (χ4n) is 2.60. The number of ether oxygens (including phenoxy) is 2. The zero-order valence-electron chi connectivity index (χ0n) is 12.8. The Morgan fingerprint density at radius 1 is 1.35 bits per heavy atom. The van der Waals surface area contributed by atoms with Crippen LogP contribution in [-0.4, -0.2) is 48.3 Å². The van der Waals surface area contributed by atoms with E-state index in [4.69, 9.17) is 4.74 Å². The van der Waals surface area contributed by atoms with Crippen molar-refractivity contribution in [3.63, 3.8) is 0 Å². The smallest absolute Gasteiger partial charge is 0.388 e. The molecule has 0 spiro atoms. The Hall–Kier alpha value is -2.16. The Labute approximate surface area is 132 Å². The van der Waals surface area contributed by atoms with Gasteiger partial charge in [0.1, 0.15) is 11.4 Å². The lowest BCUT2D eigenvalue weighted by Crippen LogP contribution is -2.44. The van der Waals surface area contributed by atoms with E-state index in [0.717, 1.165) is 25.9 Å². The molecular formula is C14H19F2N5O2. The second kappa shape index (κ2) is 6.53. The van der Waals surface area contributed by atoms with Gasteiger partial charge in [-0.05, 0) is 32.9 Å². The van der Waals surface area contributed by atoms with Crippen LogP contribution in [0.2, 0.25) is 0 Å². The topological polar surface area (TPSA) is 74.8 Å². The lowest BCUT2D eigenvalue weighted by Gasteiger charge is -2.38. The summed E-state index contributed by atoms with van der Waals surface area (Å²) in [6.07, 6.45) is 5.08. The van der Waals surface area contributed by atoms with E-state index < -0.39 is 6.61 Å². The van der Waals surface area contributed by atoms with Crippen molar-refractivity contribution in [2.45, 2.75) is 32.0 Å². The van der Waals surface area contributed by atoms with Crippen LogP contribution in [0.15, 0.2) is 23.1 Å². The van der Waals surface area contributed by atoms with E-state index in [1.165, 1.54) is 6.07 Å². The van der Waals surface area contributed by atoms with Gasteiger partial charge in [-0.25, -0.2) is 0 Å². The number of piperidine rings is 1. The molecule has 0 saturated carbocycles. The van der Waals surface area contributed by atoms with E-state index in [2.05, 4.69) is 32.2 Å². The van der Waals surface area contributed by atoms with E-state index in [1.54, 1.807) is 17.3 Å². The van der Waals surface area contributed by atoms with E-state index in [1.807, 2.05) is 0 Å². The van der Waals surface area contributed by atoms with Crippen LogP contribution in [-0.2, 0) is 4.74 Å². The van der Waals surface area contributed by atoms with Gasteiger partial charge in [-0.1, -0.05) is 0 Å². The third-order valence-corrected chi connectivity index (χ3v) is 3.87. The highest BCUT2D eigenvalue weighted by Gasteiger charge is 2.32. The monoisotopic (exact) mass is 327 g/mol. The second-order valence-electron chi connectivity index (χ2n) is 5.68. The van der Waals surface area contributed by atoms with Crippen LogP contribution in [0.3, 0.4) is 0 Å². The van der Waals surface area contributed by atoms with Crippen molar-refractivity contribution < 1.29 is 18.3 Å². The van der Waals surface area contributed by atoms with Gasteiger partial charge >= 0.3 is 6.61 Å². The predicted octanol–water partition coefficient (Wildman–Crippen LogP) is 1.86. The lowest BCUT2D eigenvalue weighted by atomic mass is 9.95. The number of H-pyrrole nitrogens is 1. The minimum Gasteiger partial charge on any atom is -0.471 e. The van der Waals surface area contributed by atoms with Gasteiger partial charge < -0.3 is 14.8 Å². The molecule has 0 aromatic carbocycles. The summed E-state index contributed by atoms with van der Waals surface area (Å²) in [5, 5.41) is 9.70. The molecular weight excluding hydrogens is 308 g/mol. The van der Waals surface area contributed by atoms with Gasteiger partial charge in [0, 0.05) is 12.3 Å². The quantitative estimate of drug-likeness (QED) is 0.863. The first-order valence-electron chi connectivity index (χ1n) is 7.45. The highest BCUT2D eigenvalue weighted by molar-refractivity contribution is 5.69. The minimum atomic E-state index is -2.91. The van der Waals surface area contributed by atoms with Crippen molar-refractivity contribution in [1.82, 2.24) is 15.5 Å². The Bertz CT molecular complexity index is 596. The standard InChI is InChI=1S/C14H19F2N5O2/c1-14(2-4-17-5-3-14)23-12-9-18-6-7-21(12)10-8-11(20-19-10)22-13(15)16/h6,8-9,13,17H,2-5,7H2,1H3,(H,19,20). The van der Waals surface area contributed by atoms with Gasteiger partial charge in [-0.3, -0.25) is 15.0 Å². The lowest BCUT2D eigenvalue weighted by molar-refractivity contribution is -0.0528. The van der Waals surface area contributed by atoms with E-state index in [-0.39, 0.29) is 11.5 Å². The molecule has 2 aliphatic rings. The van der Waals surface area contributed by atoms with Gasteiger partial charge in [0.2, 0.25) is 11.8 Å². The number of hydrogen-bond donors (Lipinski definition) is 2. The van der Waals surface area contributed by atoms with Crippen molar-refractivity contribution >= 4 is 12.0 Å². The summed E-state index contributed by atoms with van der Waals surface area (Å²) in [5.41, 5.74) is -0.287. The predicted molar refractivity (Wildman–Crippen MR) is 80.7 cm³/mol. The third-order valence-electron chi connectivity index (χ3n) is 3.87. The van der Waals surface area contributed by atoms with E-state index in [0.29, 0.717) is 18.2 Å². The van der Waals surface area contributed by atoms with Gasteiger partial charge in [-0.15, -0.1) is 5.10 Å². The average Bonchev–Trinajstić information content (AvgIpc) is 2.95. The van der Waals surface area contributed by atoms with Gasteiger partial charge in [-0.2, -0.15) is 8.78 Å². The zero-order valence-corrected chi connectivity index (χ0v) is 12.8. The van der Waals surface area contributed by atoms with Crippen molar-refractivity contribution in [1.29, 1.82) is 0 Å². The SMILES string of the molecule is CC1(OC2=CN=CCN2c2cc(OC(F)F)n[nH]2)CCNCC1. The third kappa shape index (κ3) is 3.79. The molecule has 0 amide bonds. The van der Waals surface area contributed by atoms with Gasteiger partial charge in [0.25, 0.3) is 0 Å². The molecule has 0 radical (unpaired) electrons. The number of nitrogens with zero attached hydrogens (tertiary/aromatic N) is 3. The number of anilines is 1. The number of rotatable bonds is 5. The largest absolute Gasteiger partial charge is 0.471 e. The fraction of sp³-hybridized carbons (Fsp3) is 0.571. The van der Waals surface area contributed by atoms with Gasteiger partial charge in [0.15, 0.2) is 0 Å². The van der Waals surface area contributed by atoms with Crippen molar-refractivity contribution in [2.24, 2.45) is 4.99 Å². The van der Waals surface area contributed by atoms with Crippen LogP contribution in [0.5, 0.6) is 5.88 Å². The molecule has 9 heteroatoms. The number of nitrogens with one attached hydrogen (secondary N) is 2. The Morgan fingerprint density at radius 3 is 2.87 bits per heavy atom. The molecule has 1 aromatic rings. The summed E-state index contributed by atoms with van der Waals surface area (Å²) in [6.45, 7) is 1.39. The van der Waals surface area contributed by atoms with Crippen LogP contribution < -0.4 is 15.0 Å². The van der Waals surface area contributed by atoms with Crippen LogP contribution in [0.25, 0.3) is 0 Å². The Balaban J connectivity index is 1.74. The van der Waals surface area contributed by atoms with Crippen LogP contribution in [0.1, 0.15) is 19.8 Å². The molecule has 0 bridgehead atoms. The molecule has 1 aromatic heterocycles. The maximum Gasteiger partial charge on any atom is 0.388 e. The van der Waals surface area contributed by atoms with Crippen molar-refractivity contribution in [3.05, 3.63) is 18.1 Å². The normalized spacial score (nSPS) is 20.5. The molecule has 23 heavy (non-hydrogen) atoms. The number of halogens is 2. The molecule has 1 saturated heterocycles. The zero-order chi connectivity index (χ0) is 16.3. The summed E-state index contributed by atoms with van der Waals surface area (Å²) >= 11 is 0. The number of aromatic amines is 1. The molecule has 7 nitrogen and oxygen atoms in total. The number of aromatic nitrogens is 2.